The van der Waals surface area contributed by atoms with E-state index in [-0.39, 0.29) is 12.2 Å². The summed E-state index contributed by atoms with van der Waals surface area (Å²) in [4.78, 5) is 0. The number of hydrogen-bond donors (Lipinski definition) is 0. The van der Waals surface area contributed by atoms with E-state index in [9.17, 15) is 0 Å². The van der Waals surface area contributed by atoms with Gasteiger partial charge in [0.15, 0.2) is 5.79 Å². The van der Waals surface area contributed by atoms with E-state index in [1.807, 2.05) is 38.1 Å². The van der Waals surface area contributed by atoms with Gasteiger partial charge in [-0.25, -0.2) is 0 Å². The summed E-state index contributed by atoms with van der Waals surface area (Å²) in [6.45, 7) is 3.95. The Hall–Kier alpha value is -1.58. The minimum absolute atomic E-state index is 0.00176. The number of ether oxygens (including phenoxy) is 2. The smallest absolute Gasteiger partial charge is 0.164 e. The summed E-state index contributed by atoms with van der Waals surface area (Å²) in [5.41, 5.74) is 2.38. The van der Waals surface area contributed by atoms with Crippen molar-refractivity contribution >= 4 is 0 Å². The van der Waals surface area contributed by atoms with Crippen molar-refractivity contribution in [2.45, 2.75) is 44.7 Å². The average Bonchev–Trinajstić information content (AvgIpc) is 3.04. The van der Waals surface area contributed by atoms with Crippen LogP contribution in [-0.4, -0.2) is 11.9 Å². The van der Waals surface area contributed by atoms with Crippen molar-refractivity contribution in [2.24, 2.45) is 0 Å². The number of benzene rings is 1. The van der Waals surface area contributed by atoms with Gasteiger partial charge in [-0.05, 0) is 43.9 Å². The van der Waals surface area contributed by atoms with Crippen molar-refractivity contribution in [3.63, 3.8) is 0 Å². The topological polar surface area (TPSA) is 31.6 Å². The second-order valence-corrected chi connectivity index (χ2v) is 5.68. The third kappa shape index (κ3) is 2.94. The van der Waals surface area contributed by atoms with E-state index in [1.54, 1.807) is 12.5 Å². The molecule has 0 amide bonds. The van der Waals surface area contributed by atoms with Crippen molar-refractivity contribution in [1.29, 1.82) is 0 Å². The van der Waals surface area contributed by atoms with E-state index in [0.717, 1.165) is 12.8 Å². The molecule has 0 spiro atoms. The maximum Gasteiger partial charge on any atom is 0.164 e. The number of aryl methyl sites for hydroxylation is 1. The van der Waals surface area contributed by atoms with Crippen molar-refractivity contribution in [3.05, 3.63) is 60.1 Å². The molecule has 0 saturated carbocycles. The van der Waals surface area contributed by atoms with Gasteiger partial charge in [0.25, 0.3) is 0 Å². The molecule has 1 aromatic heterocycles. The first-order valence-corrected chi connectivity index (χ1v) is 7.06. The van der Waals surface area contributed by atoms with E-state index >= 15 is 0 Å². The van der Waals surface area contributed by atoms with Crippen LogP contribution in [0.4, 0.5) is 0 Å². The number of furan rings is 1. The van der Waals surface area contributed by atoms with Gasteiger partial charge in [-0.15, -0.1) is 0 Å². The molecule has 1 aliphatic rings. The van der Waals surface area contributed by atoms with Gasteiger partial charge in [-0.3, -0.25) is 0 Å². The van der Waals surface area contributed by atoms with Gasteiger partial charge in [0, 0.05) is 0 Å². The van der Waals surface area contributed by atoms with Gasteiger partial charge in [0.2, 0.25) is 0 Å². The molecule has 0 radical (unpaired) electrons. The first-order chi connectivity index (χ1) is 9.64. The summed E-state index contributed by atoms with van der Waals surface area (Å²) in [6.07, 6.45) is 5.42. The zero-order valence-corrected chi connectivity index (χ0v) is 11.9. The van der Waals surface area contributed by atoms with Crippen LogP contribution in [-0.2, 0) is 15.9 Å². The van der Waals surface area contributed by atoms with E-state index in [0.29, 0.717) is 0 Å². The molecule has 0 unspecified atom stereocenters. The number of hydrogen-bond acceptors (Lipinski definition) is 3. The Bertz CT molecular complexity index is 531. The lowest BCUT2D eigenvalue weighted by atomic mass is 9.99. The van der Waals surface area contributed by atoms with Gasteiger partial charge in [-0.2, -0.15) is 0 Å². The third-order valence-corrected chi connectivity index (χ3v) is 3.61. The van der Waals surface area contributed by atoms with Gasteiger partial charge in [0.05, 0.1) is 18.6 Å². The molecule has 20 heavy (non-hydrogen) atoms. The Morgan fingerprint density at radius 1 is 1.05 bits per heavy atom. The lowest BCUT2D eigenvalue weighted by molar-refractivity contribution is -0.147. The minimum Gasteiger partial charge on any atom is -0.472 e. The highest BCUT2D eigenvalue weighted by Gasteiger charge is 2.41. The van der Waals surface area contributed by atoms with E-state index in [4.69, 9.17) is 13.9 Å². The fraction of sp³-hybridized carbons (Fsp3) is 0.412. The van der Waals surface area contributed by atoms with Gasteiger partial charge >= 0.3 is 0 Å². The Morgan fingerprint density at radius 3 is 2.55 bits per heavy atom. The van der Waals surface area contributed by atoms with Crippen molar-refractivity contribution in [1.82, 2.24) is 0 Å². The van der Waals surface area contributed by atoms with Gasteiger partial charge in [-0.1, -0.05) is 30.3 Å². The standard InChI is InChI=1S/C17H20O3/c1-17(2)19-15(9-8-13-10-11-18-12-13)16(20-17)14-6-4-3-5-7-14/h3-7,10-12,15-16H,8-9H2,1-2H3/t15-,16+/m1/s1. The van der Waals surface area contributed by atoms with Gasteiger partial charge < -0.3 is 13.9 Å². The Kier molecular flexibility index (Phi) is 3.64. The first-order valence-electron chi connectivity index (χ1n) is 7.06. The molecular formula is C17H20O3. The molecule has 1 aliphatic heterocycles. The molecule has 2 aromatic rings. The summed E-state index contributed by atoms with van der Waals surface area (Å²) < 4.78 is 17.2. The fourth-order valence-electron chi connectivity index (χ4n) is 2.72. The van der Waals surface area contributed by atoms with Crippen LogP contribution < -0.4 is 0 Å². The van der Waals surface area contributed by atoms with Crippen LogP contribution >= 0.6 is 0 Å². The molecule has 3 nitrogen and oxygen atoms in total. The fourth-order valence-corrected chi connectivity index (χ4v) is 2.72. The zero-order chi connectivity index (χ0) is 14.0. The Balaban J connectivity index is 1.73. The maximum absolute atomic E-state index is 6.07. The maximum atomic E-state index is 6.07. The summed E-state index contributed by atoms with van der Waals surface area (Å²) in [5.74, 6) is -0.526. The molecule has 1 fully saturated rings. The molecule has 106 valence electrons. The van der Waals surface area contributed by atoms with Crippen LogP contribution in [0.3, 0.4) is 0 Å². The van der Waals surface area contributed by atoms with Crippen LogP contribution in [0.2, 0.25) is 0 Å². The summed E-state index contributed by atoms with van der Waals surface area (Å²) in [5, 5.41) is 0. The molecule has 0 N–H and O–H groups in total. The largest absolute Gasteiger partial charge is 0.472 e. The van der Waals surface area contributed by atoms with E-state index in [1.165, 1.54) is 11.1 Å². The van der Waals surface area contributed by atoms with Gasteiger partial charge in [0.1, 0.15) is 6.10 Å². The van der Waals surface area contributed by atoms with Crippen LogP contribution in [0.25, 0.3) is 0 Å². The Labute approximate surface area is 119 Å². The minimum atomic E-state index is -0.526. The van der Waals surface area contributed by atoms with Crippen LogP contribution in [0.5, 0.6) is 0 Å². The highest BCUT2D eigenvalue weighted by molar-refractivity contribution is 5.20. The SMILES string of the molecule is CC1(C)O[C@H](CCc2ccoc2)[C@H](c2ccccc2)O1. The van der Waals surface area contributed by atoms with E-state index < -0.39 is 5.79 Å². The average molecular weight is 272 g/mol. The van der Waals surface area contributed by atoms with Crippen molar-refractivity contribution in [2.75, 3.05) is 0 Å². The van der Waals surface area contributed by atoms with Crippen molar-refractivity contribution in [3.8, 4) is 0 Å². The quantitative estimate of drug-likeness (QED) is 0.839. The summed E-state index contributed by atoms with van der Waals surface area (Å²) in [6, 6.07) is 12.3. The highest BCUT2D eigenvalue weighted by atomic mass is 16.7. The zero-order valence-electron chi connectivity index (χ0n) is 11.9. The molecule has 3 rings (SSSR count). The van der Waals surface area contributed by atoms with Crippen LogP contribution in [0.15, 0.2) is 53.3 Å². The molecule has 2 heterocycles. The lowest BCUT2D eigenvalue weighted by Crippen LogP contribution is -2.21. The summed E-state index contributed by atoms with van der Waals surface area (Å²) >= 11 is 0. The lowest BCUT2D eigenvalue weighted by Gasteiger charge is -2.16. The molecule has 3 heteroatoms. The molecule has 1 saturated heterocycles. The van der Waals surface area contributed by atoms with Crippen LogP contribution in [0.1, 0.15) is 37.5 Å². The Morgan fingerprint density at radius 2 is 1.85 bits per heavy atom. The monoisotopic (exact) mass is 272 g/mol. The summed E-state index contributed by atoms with van der Waals surface area (Å²) in [7, 11) is 0. The molecule has 0 bridgehead atoms. The van der Waals surface area contributed by atoms with Crippen molar-refractivity contribution < 1.29 is 13.9 Å². The highest BCUT2D eigenvalue weighted by Crippen LogP contribution is 2.39. The third-order valence-electron chi connectivity index (χ3n) is 3.61. The predicted octanol–water partition coefficient (Wildman–Crippen LogP) is 4.11. The second-order valence-electron chi connectivity index (χ2n) is 5.68. The normalized spacial score (nSPS) is 24.9. The predicted molar refractivity (Wildman–Crippen MR) is 76.2 cm³/mol. The number of rotatable bonds is 4. The second kappa shape index (κ2) is 5.43. The van der Waals surface area contributed by atoms with E-state index in [2.05, 4.69) is 12.1 Å². The molecule has 0 aliphatic carbocycles. The molecule has 2 atom stereocenters. The van der Waals surface area contributed by atoms with Crippen LogP contribution in [0, 0.1) is 0 Å². The first kappa shape index (κ1) is 13.4. The molecule has 1 aromatic carbocycles. The molecular weight excluding hydrogens is 252 g/mol.